The molecule has 0 spiro atoms. The van der Waals surface area contributed by atoms with Crippen molar-refractivity contribution in [2.24, 2.45) is 0 Å². The molecule has 0 saturated carbocycles. The van der Waals surface area contributed by atoms with Gasteiger partial charge in [0.2, 0.25) is 5.91 Å². The average molecular weight is 279 g/mol. The lowest BCUT2D eigenvalue weighted by Gasteiger charge is -2.27. The summed E-state index contributed by atoms with van der Waals surface area (Å²) >= 11 is 0. The molecule has 1 atom stereocenters. The normalized spacial score (nSPS) is 14.1. The minimum Gasteiger partial charge on any atom is -0.388 e. The number of rotatable bonds is 7. The maximum absolute atomic E-state index is 11.8. The number of hydrogen-bond donors (Lipinski definition) is 3. The van der Waals surface area contributed by atoms with Gasteiger partial charge >= 0.3 is 0 Å². The lowest BCUT2D eigenvalue weighted by Crippen LogP contribution is -2.47. The molecule has 0 aliphatic rings. The van der Waals surface area contributed by atoms with Crippen LogP contribution in [0, 0.1) is 6.92 Å². The van der Waals surface area contributed by atoms with Crippen molar-refractivity contribution in [3.8, 4) is 0 Å². The SMILES string of the molecule is Cc1ccccc1NC(=O)CNCC(C)(O)CN(C)C. The molecule has 1 aromatic carbocycles. The number of aryl methyl sites for hydroxylation is 1. The minimum atomic E-state index is -0.855. The zero-order valence-electron chi connectivity index (χ0n) is 12.7. The number of nitrogens with one attached hydrogen (secondary N) is 2. The summed E-state index contributed by atoms with van der Waals surface area (Å²) < 4.78 is 0. The Labute approximate surface area is 121 Å². The van der Waals surface area contributed by atoms with Crippen LogP contribution in [-0.4, -0.2) is 55.2 Å². The van der Waals surface area contributed by atoms with Gasteiger partial charge in [0.05, 0.1) is 12.1 Å². The molecular weight excluding hydrogens is 254 g/mol. The van der Waals surface area contributed by atoms with Crippen molar-refractivity contribution in [1.29, 1.82) is 0 Å². The third kappa shape index (κ3) is 6.14. The summed E-state index contributed by atoms with van der Waals surface area (Å²) in [5.74, 6) is -0.111. The third-order valence-electron chi connectivity index (χ3n) is 2.87. The summed E-state index contributed by atoms with van der Waals surface area (Å²) in [5.41, 5.74) is 0.992. The van der Waals surface area contributed by atoms with Gasteiger partial charge < -0.3 is 20.6 Å². The predicted molar refractivity (Wildman–Crippen MR) is 81.9 cm³/mol. The van der Waals surface area contributed by atoms with E-state index in [1.165, 1.54) is 0 Å². The Morgan fingerprint density at radius 3 is 2.60 bits per heavy atom. The quantitative estimate of drug-likeness (QED) is 0.692. The molecule has 0 aromatic heterocycles. The van der Waals surface area contributed by atoms with Crippen LogP contribution < -0.4 is 10.6 Å². The number of carbonyl (C=O) groups is 1. The van der Waals surface area contributed by atoms with Gasteiger partial charge in [-0.2, -0.15) is 0 Å². The molecule has 0 fully saturated rings. The molecular formula is C15H25N3O2. The van der Waals surface area contributed by atoms with E-state index < -0.39 is 5.60 Å². The van der Waals surface area contributed by atoms with Gasteiger partial charge in [-0.25, -0.2) is 0 Å². The summed E-state index contributed by atoms with van der Waals surface area (Å²) in [7, 11) is 3.80. The summed E-state index contributed by atoms with van der Waals surface area (Å²) in [6, 6.07) is 7.64. The van der Waals surface area contributed by atoms with Crippen LogP contribution in [0.25, 0.3) is 0 Å². The van der Waals surface area contributed by atoms with Gasteiger partial charge in [-0.15, -0.1) is 0 Å². The van der Waals surface area contributed by atoms with Gasteiger partial charge in [0, 0.05) is 18.8 Å². The van der Waals surface area contributed by atoms with Crippen molar-refractivity contribution in [3.63, 3.8) is 0 Å². The average Bonchev–Trinajstić information content (AvgIpc) is 2.30. The van der Waals surface area contributed by atoms with E-state index in [-0.39, 0.29) is 12.5 Å². The van der Waals surface area contributed by atoms with Gasteiger partial charge in [-0.1, -0.05) is 18.2 Å². The van der Waals surface area contributed by atoms with Crippen LogP contribution in [0.15, 0.2) is 24.3 Å². The van der Waals surface area contributed by atoms with Gasteiger partial charge in [-0.3, -0.25) is 4.79 Å². The molecule has 0 radical (unpaired) electrons. The minimum absolute atomic E-state index is 0.111. The summed E-state index contributed by atoms with van der Waals surface area (Å²) in [6.07, 6.45) is 0. The van der Waals surface area contributed by atoms with Crippen LogP contribution in [0.1, 0.15) is 12.5 Å². The molecule has 1 unspecified atom stereocenters. The highest BCUT2D eigenvalue weighted by Crippen LogP contribution is 2.12. The van der Waals surface area contributed by atoms with E-state index in [1.807, 2.05) is 50.2 Å². The second-order valence-electron chi connectivity index (χ2n) is 5.70. The molecule has 1 aromatic rings. The Hall–Kier alpha value is -1.43. The fourth-order valence-electron chi connectivity index (χ4n) is 2.09. The number of anilines is 1. The molecule has 0 aliphatic heterocycles. The molecule has 0 heterocycles. The molecule has 0 aliphatic carbocycles. The number of nitrogens with zero attached hydrogens (tertiary/aromatic N) is 1. The van der Waals surface area contributed by atoms with Crippen molar-refractivity contribution in [1.82, 2.24) is 10.2 Å². The largest absolute Gasteiger partial charge is 0.388 e. The van der Waals surface area contributed by atoms with E-state index in [0.717, 1.165) is 11.3 Å². The van der Waals surface area contributed by atoms with Crippen LogP contribution in [0.2, 0.25) is 0 Å². The van der Waals surface area contributed by atoms with Crippen LogP contribution in [0.5, 0.6) is 0 Å². The van der Waals surface area contributed by atoms with Crippen molar-refractivity contribution in [3.05, 3.63) is 29.8 Å². The highest BCUT2D eigenvalue weighted by atomic mass is 16.3. The third-order valence-corrected chi connectivity index (χ3v) is 2.87. The highest BCUT2D eigenvalue weighted by Gasteiger charge is 2.21. The van der Waals surface area contributed by atoms with Crippen LogP contribution in [0.3, 0.4) is 0 Å². The van der Waals surface area contributed by atoms with Gasteiger partial charge in [0.25, 0.3) is 0 Å². The molecule has 5 nitrogen and oxygen atoms in total. The highest BCUT2D eigenvalue weighted by molar-refractivity contribution is 5.92. The second kappa shape index (κ2) is 7.38. The molecule has 112 valence electrons. The first kappa shape index (κ1) is 16.6. The second-order valence-corrected chi connectivity index (χ2v) is 5.70. The van der Waals surface area contributed by atoms with Crippen LogP contribution in [-0.2, 0) is 4.79 Å². The fraction of sp³-hybridized carbons (Fsp3) is 0.533. The topological polar surface area (TPSA) is 64.6 Å². The zero-order chi connectivity index (χ0) is 15.2. The molecule has 5 heteroatoms. The molecule has 0 bridgehead atoms. The lowest BCUT2D eigenvalue weighted by molar-refractivity contribution is -0.115. The number of likely N-dealkylation sites (N-methyl/N-ethyl adjacent to an activating group) is 1. The van der Waals surface area contributed by atoms with E-state index in [9.17, 15) is 9.90 Å². The molecule has 1 rings (SSSR count). The molecule has 20 heavy (non-hydrogen) atoms. The summed E-state index contributed by atoms with van der Waals surface area (Å²) in [5, 5.41) is 15.9. The van der Waals surface area contributed by atoms with Crippen molar-refractivity contribution >= 4 is 11.6 Å². The fourth-order valence-corrected chi connectivity index (χ4v) is 2.09. The standard InChI is InChI=1S/C15H25N3O2/c1-12-7-5-6-8-13(12)17-14(19)9-16-10-15(2,20)11-18(3)4/h5-8,16,20H,9-11H2,1-4H3,(H,17,19). The Morgan fingerprint density at radius 1 is 1.35 bits per heavy atom. The first-order valence-electron chi connectivity index (χ1n) is 6.73. The first-order valence-corrected chi connectivity index (χ1v) is 6.73. The van der Waals surface area contributed by atoms with Crippen molar-refractivity contribution < 1.29 is 9.90 Å². The number of carbonyl (C=O) groups excluding carboxylic acids is 1. The lowest BCUT2D eigenvalue weighted by atomic mass is 10.1. The Balaban J connectivity index is 2.36. The van der Waals surface area contributed by atoms with Crippen molar-refractivity contribution in [2.45, 2.75) is 19.4 Å². The first-order chi connectivity index (χ1) is 9.30. The Morgan fingerprint density at radius 2 is 2.00 bits per heavy atom. The molecule has 3 N–H and O–H groups in total. The monoisotopic (exact) mass is 279 g/mol. The smallest absolute Gasteiger partial charge is 0.238 e. The van der Waals surface area contributed by atoms with E-state index in [1.54, 1.807) is 6.92 Å². The Bertz CT molecular complexity index is 444. The predicted octanol–water partition coefficient (Wildman–Crippen LogP) is 0.836. The number of amides is 1. The zero-order valence-corrected chi connectivity index (χ0v) is 12.7. The van der Waals surface area contributed by atoms with Gasteiger partial charge in [-0.05, 0) is 39.6 Å². The van der Waals surface area contributed by atoms with Gasteiger partial charge in [0.1, 0.15) is 0 Å². The van der Waals surface area contributed by atoms with E-state index in [4.69, 9.17) is 0 Å². The molecule has 0 saturated heterocycles. The number of aliphatic hydroxyl groups is 1. The summed E-state index contributed by atoms with van der Waals surface area (Å²) in [6.45, 7) is 4.79. The van der Waals surface area contributed by atoms with Gasteiger partial charge in [0.15, 0.2) is 0 Å². The molecule has 1 amide bonds. The van der Waals surface area contributed by atoms with Crippen molar-refractivity contribution in [2.75, 3.05) is 39.0 Å². The van der Waals surface area contributed by atoms with E-state index in [0.29, 0.717) is 13.1 Å². The van der Waals surface area contributed by atoms with Crippen LogP contribution in [0.4, 0.5) is 5.69 Å². The maximum Gasteiger partial charge on any atom is 0.238 e. The van der Waals surface area contributed by atoms with E-state index in [2.05, 4.69) is 10.6 Å². The number of para-hydroxylation sites is 1. The van der Waals surface area contributed by atoms with E-state index >= 15 is 0 Å². The maximum atomic E-state index is 11.8. The van der Waals surface area contributed by atoms with Crippen LogP contribution >= 0.6 is 0 Å². The number of benzene rings is 1. The number of hydrogen-bond acceptors (Lipinski definition) is 4. The summed E-state index contributed by atoms with van der Waals surface area (Å²) in [4.78, 5) is 13.7. The Kier molecular flexibility index (Phi) is 6.13.